The number of hydrogen-bond donors (Lipinski definition) is 1. The molecule has 0 saturated heterocycles. The van der Waals surface area contributed by atoms with Gasteiger partial charge < -0.3 is 5.11 Å². The first-order valence-corrected chi connectivity index (χ1v) is 5.30. The molecule has 0 saturated carbocycles. The summed E-state index contributed by atoms with van der Waals surface area (Å²) in [6.07, 6.45) is 0.695. The molecule has 0 aliphatic heterocycles. The SMILES string of the molecule is Cc1ccccc1[C@@H](CC(C)C)C(=O)O. The summed E-state index contributed by atoms with van der Waals surface area (Å²) in [5.41, 5.74) is 2.00. The largest absolute Gasteiger partial charge is 0.481 e. The van der Waals surface area contributed by atoms with E-state index in [2.05, 4.69) is 0 Å². The van der Waals surface area contributed by atoms with Crippen molar-refractivity contribution >= 4 is 5.97 Å². The van der Waals surface area contributed by atoms with Crippen LogP contribution in [0.1, 0.15) is 37.3 Å². The Morgan fingerprint density at radius 2 is 1.93 bits per heavy atom. The van der Waals surface area contributed by atoms with E-state index in [1.54, 1.807) is 0 Å². The second kappa shape index (κ2) is 4.96. The maximum Gasteiger partial charge on any atom is 0.310 e. The molecule has 2 heteroatoms. The van der Waals surface area contributed by atoms with Crippen LogP contribution in [0.4, 0.5) is 0 Å². The van der Waals surface area contributed by atoms with Crippen LogP contribution < -0.4 is 0 Å². The number of carboxylic acids is 1. The van der Waals surface area contributed by atoms with Gasteiger partial charge in [-0.3, -0.25) is 4.79 Å². The van der Waals surface area contributed by atoms with Crippen molar-refractivity contribution in [1.29, 1.82) is 0 Å². The van der Waals surface area contributed by atoms with Gasteiger partial charge in [0.05, 0.1) is 5.92 Å². The van der Waals surface area contributed by atoms with Crippen LogP contribution in [-0.4, -0.2) is 11.1 Å². The number of benzene rings is 1. The van der Waals surface area contributed by atoms with E-state index in [-0.39, 0.29) is 5.92 Å². The minimum absolute atomic E-state index is 0.369. The van der Waals surface area contributed by atoms with Crippen molar-refractivity contribution in [2.45, 2.75) is 33.1 Å². The normalized spacial score (nSPS) is 12.8. The molecule has 82 valence electrons. The van der Waals surface area contributed by atoms with E-state index >= 15 is 0 Å². The Hall–Kier alpha value is -1.31. The number of aliphatic carboxylic acids is 1. The molecule has 0 unspecified atom stereocenters. The van der Waals surface area contributed by atoms with Gasteiger partial charge in [0.15, 0.2) is 0 Å². The van der Waals surface area contributed by atoms with Crippen LogP contribution >= 0.6 is 0 Å². The second-order valence-corrected chi connectivity index (χ2v) is 4.38. The molecule has 0 amide bonds. The van der Waals surface area contributed by atoms with Gasteiger partial charge in [0, 0.05) is 0 Å². The summed E-state index contributed by atoms with van der Waals surface area (Å²) in [6.45, 7) is 6.06. The summed E-state index contributed by atoms with van der Waals surface area (Å²) in [6, 6.07) is 7.72. The monoisotopic (exact) mass is 206 g/mol. The highest BCUT2D eigenvalue weighted by atomic mass is 16.4. The van der Waals surface area contributed by atoms with E-state index in [0.717, 1.165) is 11.1 Å². The van der Waals surface area contributed by atoms with E-state index in [1.165, 1.54) is 0 Å². The predicted octanol–water partition coefficient (Wildman–Crippen LogP) is 3.21. The third kappa shape index (κ3) is 3.08. The highest BCUT2D eigenvalue weighted by Gasteiger charge is 2.22. The van der Waals surface area contributed by atoms with Gasteiger partial charge in [-0.1, -0.05) is 38.1 Å². The fourth-order valence-corrected chi connectivity index (χ4v) is 1.81. The lowest BCUT2D eigenvalue weighted by atomic mass is 9.88. The number of carboxylic acid groups (broad SMARTS) is 1. The standard InChI is InChI=1S/C13H18O2/c1-9(2)8-12(13(14)15)11-7-5-4-6-10(11)3/h4-7,9,12H,8H2,1-3H3,(H,14,15)/t12-/m1/s1. The Morgan fingerprint density at radius 1 is 1.33 bits per heavy atom. The first-order chi connectivity index (χ1) is 7.02. The summed E-state index contributed by atoms with van der Waals surface area (Å²) in [7, 11) is 0. The van der Waals surface area contributed by atoms with Crippen LogP contribution in [0, 0.1) is 12.8 Å². The third-order valence-electron chi connectivity index (χ3n) is 2.57. The Bertz CT molecular complexity index is 342. The van der Waals surface area contributed by atoms with Crippen LogP contribution in [0.2, 0.25) is 0 Å². The fraction of sp³-hybridized carbons (Fsp3) is 0.462. The van der Waals surface area contributed by atoms with E-state index in [4.69, 9.17) is 0 Å². The Morgan fingerprint density at radius 3 is 2.40 bits per heavy atom. The Kier molecular flexibility index (Phi) is 3.89. The summed E-state index contributed by atoms with van der Waals surface area (Å²) in [5, 5.41) is 9.20. The molecule has 15 heavy (non-hydrogen) atoms. The van der Waals surface area contributed by atoms with E-state index in [9.17, 15) is 9.90 Å². The molecule has 2 nitrogen and oxygen atoms in total. The lowest BCUT2D eigenvalue weighted by Crippen LogP contribution is -2.15. The molecule has 0 bridgehead atoms. The van der Waals surface area contributed by atoms with E-state index in [1.807, 2.05) is 45.0 Å². The number of rotatable bonds is 4. The zero-order valence-electron chi connectivity index (χ0n) is 9.53. The van der Waals surface area contributed by atoms with E-state index < -0.39 is 5.97 Å². The average Bonchev–Trinajstić information content (AvgIpc) is 2.15. The first kappa shape index (κ1) is 11.8. The molecular weight excluding hydrogens is 188 g/mol. The van der Waals surface area contributed by atoms with Crippen molar-refractivity contribution in [3.63, 3.8) is 0 Å². The molecule has 1 aromatic carbocycles. The van der Waals surface area contributed by atoms with Gasteiger partial charge >= 0.3 is 5.97 Å². The highest BCUT2D eigenvalue weighted by Crippen LogP contribution is 2.26. The average molecular weight is 206 g/mol. The van der Waals surface area contributed by atoms with Crippen molar-refractivity contribution in [3.05, 3.63) is 35.4 Å². The summed E-state index contributed by atoms with van der Waals surface area (Å²) in [5.74, 6) is -0.699. The Labute approximate surface area is 90.9 Å². The molecule has 0 aromatic heterocycles. The quantitative estimate of drug-likeness (QED) is 0.821. The third-order valence-corrected chi connectivity index (χ3v) is 2.57. The fourth-order valence-electron chi connectivity index (χ4n) is 1.81. The molecule has 0 aliphatic rings. The maximum atomic E-state index is 11.2. The number of hydrogen-bond acceptors (Lipinski definition) is 1. The van der Waals surface area contributed by atoms with Crippen LogP contribution in [0.5, 0.6) is 0 Å². The molecule has 1 N–H and O–H groups in total. The lowest BCUT2D eigenvalue weighted by Gasteiger charge is -2.16. The molecule has 1 aromatic rings. The summed E-state index contributed by atoms with van der Waals surface area (Å²) >= 11 is 0. The summed E-state index contributed by atoms with van der Waals surface area (Å²) < 4.78 is 0. The molecule has 0 spiro atoms. The van der Waals surface area contributed by atoms with Gasteiger partial charge in [-0.2, -0.15) is 0 Å². The van der Waals surface area contributed by atoms with Gasteiger partial charge in [-0.25, -0.2) is 0 Å². The predicted molar refractivity (Wildman–Crippen MR) is 61.0 cm³/mol. The van der Waals surface area contributed by atoms with Gasteiger partial charge in [-0.05, 0) is 30.4 Å². The smallest absolute Gasteiger partial charge is 0.310 e. The zero-order chi connectivity index (χ0) is 11.4. The van der Waals surface area contributed by atoms with Crippen LogP contribution in [0.25, 0.3) is 0 Å². The topological polar surface area (TPSA) is 37.3 Å². The number of aryl methyl sites for hydroxylation is 1. The van der Waals surface area contributed by atoms with E-state index in [0.29, 0.717) is 12.3 Å². The van der Waals surface area contributed by atoms with Crippen LogP contribution in [0.15, 0.2) is 24.3 Å². The highest BCUT2D eigenvalue weighted by molar-refractivity contribution is 5.76. The molecule has 0 heterocycles. The molecule has 0 radical (unpaired) electrons. The maximum absolute atomic E-state index is 11.2. The van der Waals surface area contributed by atoms with Crippen molar-refractivity contribution in [2.75, 3.05) is 0 Å². The molecular formula is C13H18O2. The van der Waals surface area contributed by atoms with Crippen LogP contribution in [0.3, 0.4) is 0 Å². The number of carbonyl (C=O) groups is 1. The van der Waals surface area contributed by atoms with Crippen LogP contribution in [-0.2, 0) is 4.79 Å². The van der Waals surface area contributed by atoms with Crippen molar-refractivity contribution in [3.8, 4) is 0 Å². The van der Waals surface area contributed by atoms with Gasteiger partial charge in [-0.15, -0.1) is 0 Å². The molecule has 0 fully saturated rings. The lowest BCUT2D eigenvalue weighted by molar-refractivity contribution is -0.139. The molecule has 0 aliphatic carbocycles. The molecule has 1 atom stereocenters. The minimum Gasteiger partial charge on any atom is -0.481 e. The van der Waals surface area contributed by atoms with Gasteiger partial charge in [0.1, 0.15) is 0 Å². The Balaban J connectivity index is 2.99. The first-order valence-electron chi connectivity index (χ1n) is 5.30. The van der Waals surface area contributed by atoms with Gasteiger partial charge in [0.25, 0.3) is 0 Å². The van der Waals surface area contributed by atoms with Crippen molar-refractivity contribution in [1.82, 2.24) is 0 Å². The van der Waals surface area contributed by atoms with Crippen molar-refractivity contribution in [2.24, 2.45) is 5.92 Å². The zero-order valence-corrected chi connectivity index (χ0v) is 9.53. The molecule has 1 rings (SSSR count). The van der Waals surface area contributed by atoms with Gasteiger partial charge in [0.2, 0.25) is 0 Å². The minimum atomic E-state index is -0.724. The summed E-state index contributed by atoms with van der Waals surface area (Å²) in [4.78, 5) is 11.2. The second-order valence-electron chi connectivity index (χ2n) is 4.38. The van der Waals surface area contributed by atoms with Crippen molar-refractivity contribution < 1.29 is 9.90 Å².